The smallest absolute Gasteiger partial charge is 0.231 e. The molecule has 0 unspecified atom stereocenters. The zero-order chi connectivity index (χ0) is 14.3. The second-order valence-electron chi connectivity index (χ2n) is 4.20. The molecule has 5 heteroatoms. The summed E-state index contributed by atoms with van der Waals surface area (Å²) in [6.45, 7) is 0. The van der Waals surface area contributed by atoms with E-state index in [-0.39, 0.29) is 15.8 Å². The van der Waals surface area contributed by atoms with Crippen molar-refractivity contribution in [3.63, 3.8) is 0 Å². The molecule has 0 aliphatic heterocycles. The quantitative estimate of drug-likeness (QED) is 0.591. The van der Waals surface area contributed by atoms with Crippen LogP contribution in [0.2, 0.25) is 5.02 Å². The van der Waals surface area contributed by atoms with Gasteiger partial charge < -0.3 is 4.42 Å². The largest absolute Gasteiger partial charge is 0.451 e. The van der Waals surface area contributed by atoms with Crippen molar-refractivity contribution in [1.82, 2.24) is 0 Å². The summed E-state index contributed by atoms with van der Waals surface area (Å²) >= 11 is 9.05. The third kappa shape index (κ3) is 2.15. The Morgan fingerprint density at radius 1 is 1.20 bits per heavy atom. The van der Waals surface area contributed by atoms with Crippen LogP contribution in [0.3, 0.4) is 0 Å². The standard InChI is InChI=1S/C15H7BrClFO2/c16-10-5-2-4-9(13(10)18)14(19)12-7-8-3-1-6-11(17)15(8)20-12/h1-7H. The maximum Gasteiger partial charge on any atom is 0.231 e. The first kappa shape index (κ1) is 13.3. The molecular formula is C15H7BrClFO2. The molecule has 0 fully saturated rings. The second kappa shape index (κ2) is 5.04. The number of halogens is 3. The zero-order valence-electron chi connectivity index (χ0n) is 9.99. The summed E-state index contributed by atoms with van der Waals surface area (Å²) in [6, 6.07) is 11.3. The molecule has 0 aliphatic rings. The van der Waals surface area contributed by atoms with Gasteiger partial charge in [-0.2, -0.15) is 0 Å². The number of carbonyl (C=O) groups is 1. The number of para-hydroxylation sites is 1. The maximum absolute atomic E-state index is 13.9. The monoisotopic (exact) mass is 352 g/mol. The van der Waals surface area contributed by atoms with Crippen LogP contribution in [0.15, 0.2) is 51.4 Å². The van der Waals surface area contributed by atoms with Gasteiger partial charge in [0.2, 0.25) is 5.78 Å². The van der Waals surface area contributed by atoms with Gasteiger partial charge in [0.15, 0.2) is 11.3 Å². The Hall–Kier alpha value is -1.65. The summed E-state index contributed by atoms with van der Waals surface area (Å²) in [6.07, 6.45) is 0. The fourth-order valence-electron chi connectivity index (χ4n) is 1.95. The number of benzene rings is 2. The molecule has 2 aromatic carbocycles. The Labute approximate surface area is 127 Å². The average Bonchev–Trinajstić information content (AvgIpc) is 2.87. The summed E-state index contributed by atoms with van der Waals surface area (Å²) in [7, 11) is 0. The van der Waals surface area contributed by atoms with Gasteiger partial charge in [0, 0.05) is 5.39 Å². The molecular weight excluding hydrogens is 347 g/mol. The lowest BCUT2D eigenvalue weighted by Crippen LogP contribution is -2.03. The van der Waals surface area contributed by atoms with E-state index in [1.165, 1.54) is 12.1 Å². The highest BCUT2D eigenvalue weighted by molar-refractivity contribution is 9.10. The van der Waals surface area contributed by atoms with Crippen molar-refractivity contribution in [2.45, 2.75) is 0 Å². The molecule has 3 aromatic rings. The normalized spacial score (nSPS) is 10.9. The number of ketones is 1. The number of furan rings is 1. The van der Waals surface area contributed by atoms with E-state index >= 15 is 0 Å². The number of hydrogen-bond donors (Lipinski definition) is 0. The topological polar surface area (TPSA) is 30.2 Å². The van der Waals surface area contributed by atoms with E-state index < -0.39 is 11.6 Å². The lowest BCUT2D eigenvalue weighted by atomic mass is 10.1. The molecule has 0 aliphatic carbocycles. The first-order chi connectivity index (χ1) is 9.58. The van der Waals surface area contributed by atoms with Crippen molar-refractivity contribution in [1.29, 1.82) is 0 Å². The third-order valence-electron chi connectivity index (χ3n) is 2.92. The molecule has 0 bridgehead atoms. The lowest BCUT2D eigenvalue weighted by Gasteiger charge is -2.01. The molecule has 0 saturated heterocycles. The van der Waals surface area contributed by atoms with E-state index in [1.807, 2.05) is 0 Å². The first-order valence-electron chi connectivity index (χ1n) is 5.74. The molecule has 100 valence electrons. The minimum absolute atomic E-state index is 0.0467. The number of hydrogen-bond acceptors (Lipinski definition) is 2. The fraction of sp³-hybridized carbons (Fsp3) is 0. The minimum Gasteiger partial charge on any atom is -0.451 e. The van der Waals surface area contributed by atoms with Gasteiger partial charge in [0.05, 0.1) is 15.1 Å². The lowest BCUT2D eigenvalue weighted by molar-refractivity contribution is 0.101. The van der Waals surface area contributed by atoms with Crippen LogP contribution in [0.4, 0.5) is 4.39 Å². The highest BCUT2D eigenvalue weighted by atomic mass is 79.9. The van der Waals surface area contributed by atoms with Crippen LogP contribution in [0.5, 0.6) is 0 Å². The number of rotatable bonds is 2. The highest BCUT2D eigenvalue weighted by Gasteiger charge is 2.20. The molecule has 20 heavy (non-hydrogen) atoms. The zero-order valence-corrected chi connectivity index (χ0v) is 12.3. The van der Waals surface area contributed by atoms with E-state index in [4.69, 9.17) is 16.0 Å². The van der Waals surface area contributed by atoms with Crippen LogP contribution in [0.1, 0.15) is 16.1 Å². The minimum atomic E-state index is -0.607. The van der Waals surface area contributed by atoms with Crippen molar-refractivity contribution in [3.05, 3.63) is 69.1 Å². The van der Waals surface area contributed by atoms with E-state index in [0.29, 0.717) is 16.0 Å². The Kier molecular flexibility index (Phi) is 3.36. The summed E-state index contributed by atoms with van der Waals surface area (Å²) < 4.78 is 19.6. The van der Waals surface area contributed by atoms with Crippen molar-refractivity contribution in [2.24, 2.45) is 0 Å². The molecule has 0 radical (unpaired) electrons. The molecule has 2 nitrogen and oxygen atoms in total. The Morgan fingerprint density at radius 2 is 1.95 bits per heavy atom. The predicted octanol–water partition coefficient (Wildman–Crippen LogP) is 5.22. The van der Waals surface area contributed by atoms with Gasteiger partial charge in [-0.15, -0.1) is 0 Å². The van der Waals surface area contributed by atoms with Gasteiger partial charge in [0.25, 0.3) is 0 Å². The van der Waals surface area contributed by atoms with Gasteiger partial charge in [-0.25, -0.2) is 4.39 Å². The van der Waals surface area contributed by atoms with Crippen LogP contribution in [0.25, 0.3) is 11.0 Å². The van der Waals surface area contributed by atoms with Crippen molar-refractivity contribution in [2.75, 3.05) is 0 Å². The number of fused-ring (bicyclic) bond motifs is 1. The molecule has 0 spiro atoms. The van der Waals surface area contributed by atoms with Crippen LogP contribution < -0.4 is 0 Å². The van der Waals surface area contributed by atoms with Gasteiger partial charge in [-0.3, -0.25) is 4.79 Å². The summed E-state index contributed by atoms with van der Waals surface area (Å²) in [5.74, 6) is -1.06. The van der Waals surface area contributed by atoms with E-state index in [0.717, 1.165) is 0 Å². The average molecular weight is 354 g/mol. The Balaban J connectivity index is 2.13. The Morgan fingerprint density at radius 3 is 2.70 bits per heavy atom. The summed E-state index contributed by atoms with van der Waals surface area (Å²) in [4.78, 5) is 12.3. The van der Waals surface area contributed by atoms with Gasteiger partial charge in [-0.1, -0.05) is 29.8 Å². The molecule has 0 atom stereocenters. The van der Waals surface area contributed by atoms with Gasteiger partial charge >= 0.3 is 0 Å². The van der Waals surface area contributed by atoms with Crippen molar-refractivity contribution >= 4 is 44.3 Å². The van der Waals surface area contributed by atoms with Crippen molar-refractivity contribution < 1.29 is 13.6 Å². The fourth-order valence-corrected chi connectivity index (χ4v) is 2.54. The molecule has 1 heterocycles. The van der Waals surface area contributed by atoms with Crippen LogP contribution in [-0.2, 0) is 0 Å². The SMILES string of the molecule is O=C(c1cc2cccc(Cl)c2o1)c1cccc(Br)c1F. The number of carbonyl (C=O) groups excluding carboxylic acids is 1. The third-order valence-corrected chi connectivity index (χ3v) is 3.83. The molecule has 0 amide bonds. The summed E-state index contributed by atoms with van der Waals surface area (Å²) in [5, 5.41) is 1.12. The Bertz CT molecular complexity index is 826. The molecule has 0 N–H and O–H groups in total. The van der Waals surface area contributed by atoms with Crippen molar-refractivity contribution in [3.8, 4) is 0 Å². The molecule has 0 saturated carbocycles. The molecule has 1 aromatic heterocycles. The second-order valence-corrected chi connectivity index (χ2v) is 5.46. The first-order valence-corrected chi connectivity index (χ1v) is 6.92. The van der Waals surface area contributed by atoms with E-state index in [1.54, 1.807) is 30.3 Å². The van der Waals surface area contributed by atoms with Crippen LogP contribution in [-0.4, -0.2) is 5.78 Å². The van der Waals surface area contributed by atoms with E-state index in [9.17, 15) is 9.18 Å². The maximum atomic E-state index is 13.9. The predicted molar refractivity (Wildman–Crippen MR) is 78.8 cm³/mol. The van der Waals surface area contributed by atoms with Gasteiger partial charge in [-0.05, 0) is 40.2 Å². The molecule has 3 rings (SSSR count). The van der Waals surface area contributed by atoms with E-state index in [2.05, 4.69) is 15.9 Å². The van der Waals surface area contributed by atoms with Crippen LogP contribution in [0, 0.1) is 5.82 Å². The summed E-state index contributed by atoms with van der Waals surface area (Å²) in [5.41, 5.74) is 0.377. The van der Waals surface area contributed by atoms with Crippen LogP contribution >= 0.6 is 27.5 Å². The van der Waals surface area contributed by atoms with Gasteiger partial charge in [0.1, 0.15) is 5.82 Å². The highest BCUT2D eigenvalue weighted by Crippen LogP contribution is 2.29.